The summed E-state index contributed by atoms with van der Waals surface area (Å²) in [6.07, 6.45) is 0.464. The fraction of sp³-hybridized carbons (Fsp3) is 0.538. The van der Waals surface area contributed by atoms with Crippen LogP contribution in [-0.2, 0) is 0 Å². The van der Waals surface area contributed by atoms with E-state index in [4.69, 9.17) is 4.74 Å². The number of rotatable bonds is 6. The molecular weight excluding hydrogens is 282 g/mol. The Hall–Kier alpha value is -0.580. The quantitative estimate of drug-likeness (QED) is 0.820. The van der Waals surface area contributed by atoms with Gasteiger partial charge >= 0.3 is 0 Å². The summed E-state index contributed by atoms with van der Waals surface area (Å²) >= 11 is 3.41. The maximum Gasteiger partial charge on any atom is 0.126 e. The van der Waals surface area contributed by atoms with Crippen LogP contribution in [0.15, 0.2) is 22.7 Å². The summed E-state index contributed by atoms with van der Waals surface area (Å²) in [5.41, 5.74) is 0.832. The fourth-order valence-electron chi connectivity index (χ4n) is 1.54. The molecule has 0 spiro atoms. The van der Waals surface area contributed by atoms with E-state index in [-0.39, 0.29) is 0 Å². The molecule has 0 heterocycles. The summed E-state index contributed by atoms with van der Waals surface area (Å²) in [4.78, 5) is 2.12. The average molecular weight is 302 g/mol. The predicted molar refractivity (Wildman–Crippen MR) is 73.4 cm³/mol. The lowest BCUT2D eigenvalue weighted by Gasteiger charge is -2.15. The first-order chi connectivity index (χ1) is 8.00. The predicted octanol–water partition coefficient (Wildman–Crippen LogP) is 2.83. The van der Waals surface area contributed by atoms with Crippen molar-refractivity contribution in [2.24, 2.45) is 0 Å². The van der Waals surface area contributed by atoms with Crippen LogP contribution in [0.25, 0.3) is 0 Å². The normalized spacial score (nSPS) is 12.8. The molecule has 0 aliphatic heterocycles. The number of nitrogens with zero attached hydrogens (tertiary/aromatic N) is 1. The minimum atomic E-state index is -0.507. The molecule has 0 saturated heterocycles. The molecule has 0 amide bonds. The van der Waals surface area contributed by atoms with Gasteiger partial charge in [0, 0.05) is 16.6 Å². The van der Waals surface area contributed by atoms with E-state index in [1.54, 1.807) is 6.92 Å². The molecule has 0 aliphatic carbocycles. The van der Waals surface area contributed by atoms with Crippen LogP contribution >= 0.6 is 15.9 Å². The minimum Gasteiger partial charge on any atom is -0.493 e. The highest BCUT2D eigenvalue weighted by molar-refractivity contribution is 9.10. The highest BCUT2D eigenvalue weighted by Gasteiger charge is 2.09. The second kappa shape index (κ2) is 6.99. The number of halogens is 1. The minimum absolute atomic E-state index is 0.507. The molecule has 0 radical (unpaired) electrons. The monoisotopic (exact) mass is 301 g/mol. The van der Waals surface area contributed by atoms with Crippen LogP contribution in [0.4, 0.5) is 0 Å². The molecule has 0 unspecified atom stereocenters. The van der Waals surface area contributed by atoms with Crippen molar-refractivity contribution in [2.45, 2.75) is 19.4 Å². The van der Waals surface area contributed by atoms with Crippen LogP contribution < -0.4 is 4.74 Å². The van der Waals surface area contributed by atoms with E-state index < -0.39 is 6.10 Å². The molecule has 3 nitrogen and oxygen atoms in total. The number of ether oxygens (including phenoxy) is 1. The molecule has 1 rings (SSSR count). The van der Waals surface area contributed by atoms with Gasteiger partial charge in [-0.3, -0.25) is 0 Å². The van der Waals surface area contributed by atoms with Gasteiger partial charge in [0.1, 0.15) is 5.75 Å². The Morgan fingerprint density at radius 3 is 2.71 bits per heavy atom. The van der Waals surface area contributed by atoms with Crippen LogP contribution in [0.1, 0.15) is 25.0 Å². The van der Waals surface area contributed by atoms with Gasteiger partial charge in [-0.15, -0.1) is 0 Å². The first kappa shape index (κ1) is 14.5. The van der Waals surface area contributed by atoms with E-state index in [0.29, 0.717) is 6.61 Å². The molecule has 0 bridgehead atoms. The van der Waals surface area contributed by atoms with Crippen molar-refractivity contribution >= 4 is 15.9 Å². The third kappa shape index (κ3) is 5.06. The number of aliphatic hydroxyl groups excluding tert-OH is 1. The zero-order valence-corrected chi connectivity index (χ0v) is 12.2. The smallest absolute Gasteiger partial charge is 0.126 e. The Bertz CT molecular complexity index is 353. The van der Waals surface area contributed by atoms with Crippen LogP contribution in [0.3, 0.4) is 0 Å². The van der Waals surface area contributed by atoms with Gasteiger partial charge in [0.05, 0.1) is 12.7 Å². The van der Waals surface area contributed by atoms with Crippen molar-refractivity contribution in [1.82, 2.24) is 4.90 Å². The first-order valence-electron chi connectivity index (χ1n) is 5.75. The Morgan fingerprint density at radius 1 is 1.41 bits per heavy atom. The third-order valence-electron chi connectivity index (χ3n) is 2.43. The lowest BCUT2D eigenvalue weighted by atomic mass is 10.1. The standard InChI is InChI=1S/C13H20BrNO2/c1-10(16)12-6-5-11(14)9-13(12)17-8-4-7-15(2)3/h5-6,9-10,16H,4,7-8H2,1-3H3/t10-/m1/s1. The number of aliphatic hydroxyl groups is 1. The summed E-state index contributed by atoms with van der Waals surface area (Å²) in [5, 5.41) is 9.64. The van der Waals surface area contributed by atoms with Gasteiger partial charge in [-0.05, 0) is 39.6 Å². The second-order valence-corrected chi connectivity index (χ2v) is 5.28. The van der Waals surface area contributed by atoms with Crippen molar-refractivity contribution in [2.75, 3.05) is 27.2 Å². The van der Waals surface area contributed by atoms with Gasteiger partial charge in [0.2, 0.25) is 0 Å². The maximum atomic E-state index is 9.64. The molecular formula is C13H20BrNO2. The van der Waals surface area contributed by atoms with Crippen molar-refractivity contribution in [3.8, 4) is 5.75 Å². The molecule has 4 heteroatoms. The fourth-order valence-corrected chi connectivity index (χ4v) is 1.88. The highest BCUT2D eigenvalue weighted by atomic mass is 79.9. The van der Waals surface area contributed by atoms with E-state index in [0.717, 1.165) is 28.8 Å². The average Bonchev–Trinajstić information content (AvgIpc) is 2.23. The van der Waals surface area contributed by atoms with Crippen molar-refractivity contribution in [3.05, 3.63) is 28.2 Å². The van der Waals surface area contributed by atoms with Crippen LogP contribution in [0.5, 0.6) is 5.75 Å². The van der Waals surface area contributed by atoms with Crippen molar-refractivity contribution in [3.63, 3.8) is 0 Å². The summed E-state index contributed by atoms with van der Waals surface area (Å²) in [6.45, 7) is 3.41. The van der Waals surface area contributed by atoms with E-state index in [2.05, 4.69) is 20.8 Å². The highest BCUT2D eigenvalue weighted by Crippen LogP contribution is 2.28. The molecule has 0 aliphatic rings. The molecule has 0 aromatic heterocycles. The summed E-state index contributed by atoms with van der Waals surface area (Å²) in [5.74, 6) is 0.758. The summed E-state index contributed by atoms with van der Waals surface area (Å²) in [6, 6.07) is 5.70. The van der Waals surface area contributed by atoms with Crippen LogP contribution in [0.2, 0.25) is 0 Å². The zero-order valence-electron chi connectivity index (χ0n) is 10.6. The van der Waals surface area contributed by atoms with Gasteiger partial charge in [0.25, 0.3) is 0 Å². The molecule has 1 N–H and O–H groups in total. The Balaban J connectivity index is 2.59. The zero-order chi connectivity index (χ0) is 12.8. The lowest BCUT2D eigenvalue weighted by Crippen LogP contribution is -2.15. The Kier molecular flexibility index (Phi) is 5.95. The number of hydrogen-bond acceptors (Lipinski definition) is 3. The number of benzene rings is 1. The van der Waals surface area contributed by atoms with Crippen LogP contribution in [0, 0.1) is 0 Å². The van der Waals surface area contributed by atoms with E-state index in [1.807, 2.05) is 32.3 Å². The molecule has 1 atom stereocenters. The molecule has 17 heavy (non-hydrogen) atoms. The maximum absolute atomic E-state index is 9.64. The van der Waals surface area contributed by atoms with Gasteiger partial charge in [0.15, 0.2) is 0 Å². The SMILES string of the molecule is C[C@@H](O)c1ccc(Br)cc1OCCCN(C)C. The second-order valence-electron chi connectivity index (χ2n) is 4.36. The Morgan fingerprint density at radius 2 is 2.12 bits per heavy atom. The van der Waals surface area contributed by atoms with Crippen molar-refractivity contribution < 1.29 is 9.84 Å². The van der Waals surface area contributed by atoms with E-state index >= 15 is 0 Å². The lowest BCUT2D eigenvalue weighted by molar-refractivity contribution is 0.190. The Labute approximate surface area is 112 Å². The van der Waals surface area contributed by atoms with Crippen molar-refractivity contribution in [1.29, 1.82) is 0 Å². The topological polar surface area (TPSA) is 32.7 Å². The largest absolute Gasteiger partial charge is 0.493 e. The molecule has 0 saturated carbocycles. The molecule has 96 valence electrons. The molecule has 1 aromatic carbocycles. The van der Waals surface area contributed by atoms with E-state index in [1.165, 1.54) is 0 Å². The molecule has 1 aromatic rings. The summed E-state index contributed by atoms with van der Waals surface area (Å²) in [7, 11) is 4.08. The molecule has 0 fully saturated rings. The van der Waals surface area contributed by atoms with Gasteiger partial charge in [-0.1, -0.05) is 22.0 Å². The van der Waals surface area contributed by atoms with Gasteiger partial charge in [-0.25, -0.2) is 0 Å². The van der Waals surface area contributed by atoms with Crippen LogP contribution in [-0.4, -0.2) is 37.3 Å². The van der Waals surface area contributed by atoms with E-state index in [9.17, 15) is 5.11 Å². The third-order valence-corrected chi connectivity index (χ3v) is 2.93. The van der Waals surface area contributed by atoms with Gasteiger partial charge in [-0.2, -0.15) is 0 Å². The first-order valence-corrected chi connectivity index (χ1v) is 6.55. The number of hydrogen-bond donors (Lipinski definition) is 1. The van der Waals surface area contributed by atoms with Gasteiger partial charge < -0.3 is 14.7 Å². The summed E-state index contributed by atoms with van der Waals surface area (Å²) < 4.78 is 6.68.